The summed E-state index contributed by atoms with van der Waals surface area (Å²) in [6.45, 7) is 5.05. The van der Waals surface area contributed by atoms with Crippen molar-refractivity contribution < 1.29 is 0 Å². The second-order valence-electron chi connectivity index (χ2n) is 5.27. The predicted octanol–water partition coefficient (Wildman–Crippen LogP) is 4.52. The van der Waals surface area contributed by atoms with Gasteiger partial charge in [0.1, 0.15) is 5.82 Å². The van der Waals surface area contributed by atoms with Crippen molar-refractivity contribution in [2.24, 2.45) is 0 Å². The van der Waals surface area contributed by atoms with E-state index in [0.29, 0.717) is 5.92 Å². The zero-order valence-electron chi connectivity index (χ0n) is 11.8. The predicted molar refractivity (Wildman–Crippen MR) is 86.0 cm³/mol. The highest BCUT2D eigenvalue weighted by Gasteiger charge is 2.26. The van der Waals surface area contributed by atoms with Crippen LogP contribution in [0.15, 0.2) is 28.7 Å². The normalized spacial score (nSPS) is 14.3. The molecule has 0 aliphatic heterocycles. The summed E-state index contributed by atoms with van der Waals surface area (Å²) in [5.74, 6) is 2.38. The Morgan fingerprint density at radius 3 is 2.70 bits per heavy atom. The van der Waals surface area contributed by atoms with Crippen LogP contribution in [-0.4, -0.2) is 16.5 Å². The van der Waals surface area contributed by atoms with Crippen molar-refractivity contribution in [3.8, 4) is 11.4 Å². The maximum absolute atomic E-state index is 4.75. The highest BCUT2D eigenvalue weighted by molar-refractivity contribution is 9.10. The smallest absolute Gasteiger partial charge is 0.161 e. The van der Waals surface area contributed by atoms with Gasteiger partial charge in [0, 0.05) is 34.3 Å². The Bertz CT molecular complexity index is 636. The highest BCUT2D eigenvalue weighted by atomic mass is 79.9. The van der Waals surface area contributed by atoms with E-state index >= 15 is 0 Å². The van der Waals surface area contributed by atoms with Crippen LogP contribution in [0.25, 0.3) is 11.4 Å². The van der Waals surface area contributed by atoms with Crippen molar-refractivity contribution in [3.63, 3.8) is 0 Å². The van der Waals surface area contributed by atoms with E-state index in [0.717, 1.165) is 28.2 Å². The molecule has 0 bridgehead atoms. The Balaban J connectivity index is 2.04. The van der Waals surface area contributed by atoms with E-state index in [1.165, 1.54) is 24.1 Å². The minimum absolute atomic E-state index is 0.630. The van der Waals surface area contributed by atoms with Crippen molar-refractivity contribution in [3.05, 3.63) is 40.0 Å². The van der Waals surface area contributed by atoms with Crippen LogP contribution in [0.4, 0.5) is 5.82 Å². The lowest BCUT2D eigenvalue weighted by molar-refractivity contribution is 0.988. The maximum Gasteiger partial charge on any atom is 0.161 e. The van der Waals surface area contributed by atoms with Gasteiger partial charge in [-0.15, -0.1) is 0 Å². The summed E-state index contributed by atoms with van der Waals surface area (Å²) in [6.07, 6.45) is 2.50. The first-order valence-electron chi connectivity index (χ1n) is 7.06. The zero-order valence-corrected chi connectivity index (χ0v) is 13.4. The topological polar surface area (TPSA) is 37.8 Å². The monoisotopic (exact) mass is 331 g/mol. The SMILES string of the molecule is CCNc1cc(C2CC2)nc(-c2ccc(Br)c(C)c2)n1. The van der Waals surface area contributed by atoms with Gasteiger partial charge in [0.25, 0.3) is 0 Å². The molecule has 1 aliphatic carbocycles. The van der Waals surface area contributed by atoms with Crippen molar-refractivity contribution in [1.29, 1.82) is 0 Å². The van der Waals surface area contributed by atoms with Crippen LogP contribution >= 0.6 is 15.9 Å². The lowest BCUT2D eigenvalue weighted by Crippen LogP contribution is -2.03. The average molecular weight is 332 g/mol. The molecule has 1 fully saturated rings. The quantitative estimate of drug-likeness (QED) is 0.894. The summed E-state index contributed by atoms with van der Waals surface area (Å²) < 4.78 is 1.12. The number of anilines is 1. The first-order chi connectivity index (χ1) is 9.67. The molecule has 0 unspecified atom stereocenters. The van der Waals surface area contributed by atoms with Crippen LogP contribution in [0.5, 0.6) is 0 Å². The number of aryl methyl sites for hydroxylation is 1. The fourth-order valence-corrected chi connectivity index (χ4v) is 2.49. The van der Waals surface area contributed by atoms with Gasteiger partial charge in [-0.25, -0.2) is 9.97 Å². The van der Waals surface area contributed by atoms with E-state index in [1.54, 1.807) is 0 Å². The van der Waals surface area contributed by atoms with Crippen LogP contribution in [-0.2, 0) is 0 Å². The van der Waals surface area contributed by atoms with Crippen molar-refractivity contribution in [1.82, 2.24) is 9.97 Å². The number of hydrogen-bond donors (Lipinski definition) is 1. The molecule has 1 N–H and O–H groups in total. The summed E-state index contributed by atoms with van der Waals surface area (Å²) in [5, 5.41) is 3.31. The third-order valence-electron chi connectivity index (χ3n) is 3.52. The number of halogens is 1. The van der Waals surface area contributed by atoms with E-state index in [2.05, 4.69) is 64.3 Å². The van der Waals surface area contributed by atoms with Gasteiger partial charge in [-0.1, -0.05) is 22.0 Å². The number of nitrogens with zero attached hydrogens (tertiary/aromatic N) is 2. The molecule has 1 aromatic heterocycles. The summed E-state index contributed by atoms with van der Waals surface area (Å²) in [5.41, 5.74) is 3.45. The first kappa shape index (κ1) is 13.6. The lowest BCUT2D eigenvalue weighted by atomic mass is 10.1. The summed E-state index contributed by atoms with van der Waals surface area (Å²) >= 11 is 3.54. The van der Waals surface area contributed by atoms with Crippen molar-refractivity contribution >= 4 is 21.7 Å². The Morgan fingerprint density at radius 1 is 1.25 bits per heavy atom. The van der Waals surface area contributed by atoms with Crippen LogP contribution < -0.4 is 5.32 Å². The molecule has 1 heterocycles. The Morgan fingerprint density at radius 2 is 2.05 bits per heavy atom. The van der Waals surface area contributed by atoms with Crippen LogP contribution in [0.2, 0.25) is 0 Å². The molecule has 3 rings (SSSR count). The number of nitrogens with one attached hydrogen (secondary N) is 1. The van der Waals surface area contributed by atoms with Gasteiger partial charge in [-0.2, -0.15) is 0 Å². The van der Waals surface area contributed by atoms with Gasteiger partial charge in [0.15, 0.2) is 5.82 Å². The van der Waals surface area contributed by atoms with E-state index in [4.69, 9.17) is 4.98 Å². The second kappa shape index (κ2) is 5.52. The minimum Gasteiger partial charge on any atom is -0.370 e. The van der Waals surface area contributed by atoms with Gasteiger partial charge in [-0.3, -0.25) is 0 Å². The maximum atomic E-state index is 4.75. The fourth-order valence-electron chi connectivity index (χ4n) is 2.24. The largest absolute Gasteiger partial charge is 0.370 e. The molecule has 2 aromatic rings. The molecule has 4 heteroatoms. The minimum atomic E-state index is 0.630. The van der Waals surface area contributed by atoms with E-state index < -0.39 is 0 Å². The highest BCUT2D eigenvalue weighted by Crippen LogP contribution is 2.40. The van der Waals surface area contributed by atoms with Crippen molar-refractivity contribution in [2.45, 2.75) is 32.6 Å². The average Bonchev–Trinajstić information content (AvgIpc) is 3.26. The fraction of sp³-hybridized carbons (Fsp3) is 0.375. The molecule has 1 aromatic carbocycles. The first-order valence-corrected chi connectivity index (χ1v) is 7.86. The van der Waals surface area contributed by atoms with Crippen LogP contribution in [0.3, 0.4) is 0 Å². The molecule has 1 saturated carbocycles. The van der Waals surface area contributed by atoms with E-state index in [-0.39, 0.29) is 0 Å². The summed E-state index contributed by atoms with van der Waals surface area (Å²) in [7, 11) is 0. The van der Waals surface area contributed by atoms with Crippen LogP contribution in [0, 0.1) is 6.92 Å². The molecule has 3 nitrogen and oxygen atoms in total. The summed E-state index contributed by atoms with van der Waals surface area (Å²) in [4.78, 5) is 9.39. The number of hydrogen-bond acceptors (Lipinski definition) is 3. The summed E-state index contributed by atoms with van der Waals surface area (Å²) in [6, 6.07) is 8.35. The van der Waals surface area contributed by atoms with Gasteiger partial charge < -0.3 is 5.32 Å². The lowest BCUT2D eigenvalue weighted by Gasteiger charge is -2.09. The number of rotatable bonds is 4. The zero-order chi connectivity index (χ0) is 14.1. The molecular formula is C16H18BrN3. The molecule has 0 saturated heterocycles. The Labute approximate surface area is 128 Å². The Hall–Kier alpha value is -1.42. The van der Waals surface area contributed by atoms with E-state index in [9.17, 15) is 0 Å². The van der Waals surface area contributed by atoms with E-state index in [1.807, 2.05) is 0 Å². The van der Waals surface area contributed by atoms with Crippen LogP contribution in [0.1, 0.15) is 36.9 Å². The molecule has 0 atom stereocenters. The molecule has 104 valence electrons. The second-order valence-corrected chi connectivity index (χ2v) is 6.12. The van der Waals surface area contributed by atoms with Crippen molar-refractivity contribution in [2.75, 3.05) is 11.9 Å². The molecule has 1 aliphatic rings. The standard InChI is InChI=1S/C16H18BrN3/c1-3-18-15-9-14(11-4-5-11)19-16(20-15)12-6-7-13(17)10(2)8-12/h6-9,11H,3-5H2,1-2H3,(H,18,19,20). The molecule has 0 radical (unpaired) electrons. The number of aromatic nitrogens is 2. The molecular weight excluding hydrogens is 314 g/mol. The van der Waals surface area contributed by atoms with Gasteiger partial charge in [0.05, 0.1) is 0 Å². The molecule has 20 heavy (non-hydrogen) atoms. The third-order valence-corrected chi connectivity index (χ3v) is 4.41. The third kappa shape index (κ3) is 2.85. The Kier molecular flexibility index (Phi) is 3.74. The molecule has 0 spiro atoms. The number of benzene rings is 1. The molecule has 0 amide bonds. The van der Waals surface area contributed by atoms with Gasteiger partial charge in [-0.05, 0) is 44.4 Å². The van der Waals surface area contributed by atoms with Gasteiger partial charge >= 0.3 is 0 Å². The van der Waals surface area contributed by atoms with Gasteiger partial charge in [0.2, 0.25) is 0 Å².